The van der Waals surface area contributed by atoms with Crippen LogP contribution in [0.15, 0.2) is 53.4 Å². The SMILES string of the molecule is CCNC(=O)Nc1ccc(-c2nc(N3CCOC[C@@H]3C)cc(C3(S(=O)(=O)c4ccc(F)c(F)c4)CC3)n2)cc1. The van der Waals surface area contributed by atoms with Crippen molar-refractivity contribution in [3.63, 3.8) is 0 Å². The van der Waals surface area contributed by atoms with Crippen molar-refractivity contribution in [2.24, 2.45) is 0 Å². The molecule has 2 amide bonds. The van der Waals surface area contributed by atoms with Crippen molar-refractivity contribution in [3.8, 4) is 11.4 Å². The van der Waals surface area contributed by atoms with Gasteiger partial charge in [0.15, 0.2) is 27.3 Å². The maximum atomic E-state index is 14.0. The highest BCUT2D eigenvalue weighted by molar-refractivity contribution is 7.92. The van der Waals surface area contributed by atoms with Crippen LogP contribution in [0.2, 0.25) is 0 Å². The molecule has 12 heteroatoms. The van der Waals surface area contributed by atoms with Crippen LogP contribution in [0.25, 0.3) is 11.4 Å². The number of amides is 2. The summed E-state index contributed by atoms with van der Waals surface area (Å²) in [5.74, 6) is -1.46. The maximum Gasteiger partial charge on any atom is 0.319 e. The van der Waals surface area contributed by atoms with Crippen molar-refractivity contribution < 1.29 is 26.7 Å². The van der Waals surface area contributed by atoms with Crippen LogP contribution in [0.4, 0.5) is 25.1 Å². The Bertz CT molecular complexity index is 1500. The van der Waals surface area contributed by atoms with Crippen LogP contribution in [0.5, 0.6) is 0 Å². The third-order valence-electron chi connectivity index (χ3n) is 7.00. The van der Waals surface area contributed by atoms with Crippen molar-refractivity contribution in [2.75, 3.05) is 36.5 Å². The summed E-state index contributed by atoms with van der Waals surface area (Å²) < 4.78 is 59.3. The van der Waals surface area contributed by atoms with Crippen LogP contribution >= 0.6 is 0 Å². The van der Waals surface area contributed by atoms with Gasteiger partial charge in [-0.25, -0.2) is 32.0 Å². The Morgan fingerprint density at radius 2 is 1.85 bits per heavy atom. The second-order valence-electron chi connectivity index (χ2n) is 9.69. The number of nitrogens with one attached hydrogen (secondary N) is 2. The minimum absolute atomic E-state index is 0.00374. The molecule has 2 aliphatic rings. The number of sulfone groups is 1. The predicted octanol–water partition coefficient (Wildman–Crippen LogP) is 4.25. The van der Waals surface area contributed by atoms with Crippen LogP contribution in [0, 0.1) is 11.6 Å². The van der Waals surface area contributed by atoms with E-state index in [0.717, 1.165) is 18.2 Å². The number of carbonyl (C=O) groups is 1. The molecule has 39 heavy (non-hydrogen) atoms. The largest absolute Gasteiger partial charge is 0.377 e. The van der Waals surface area contributed by atoms with Gasteiger partial charge in [-0.05, 0) is 69.2 Å². The number of hydrogen-bond acceptors (Lipinski definition) is 7. The van der Waals surface area contributed by atoms with Crippen LogP contribution in [0.1, 0.15) is 32.4 Å². The summed E-state index contributed by atoms with van der Waals surface area (Å²) in [5.41, 5.74) is 1.50. The molecule has 9 nitrogen and oxygen atoms in total. The summed E-state index contributed by atoms with van der Waals surface area (Å²) in [6.45, 7) is 5.86. The van der Waals surface area contributed by atoms with E-state index in [1.165, 1.54) is 0 Å². The lowest BCUT2D eigenvalue weighted by molar-refractivity contribution is 0.0985. The van der Waals surface area contributed by atoms with Gasteiger partial charge in [0.2, 0.25) is 0 Å². The first kappa shape index (κ1) is 26.9. The molecule has 2 aromatic carbocycles. The molecule has 2 fully saturated rings. The van der Waals surface area contributed by atoms with E-state index in [1.54, 1.807) is 30.3 Å². The van der Waals surface area contributed by atoms with Crippen molar-refractivity contribution in [3.05, 3.63) is 65.9 Å². The lowest BCUT2D eigenvalue weighted by atomic mass is 10.1. The number of urea groups is 1. The van der Waals surface area contributed by atoms with E-state index in [0.29, 0.717) is 54.9 Å². The first-order valence-corrected chi connectivity index (χ1v) is 14.2. The molecule has 0 bridgehead atoms. The molecule has 1 atom stereocenters. The van der Waals surface area contributed by atoms with Gasteiger partial charge >= 0.3 is 6.03 Å². The number of hydrogen-bond donors (Lipinski definition) is 2. The molecule has 0 spiro atoms. The molecular weight excluding hydrogens is 528 g/mol. The van der Waals surface area contributed by atoms with Gasteiger partial charge < -0.3 is 20.3 Å². The fourth-order valence-electron chi connectivity index (χ4n) is 4.70. The summed E-state index contributed by atoms with van der Waals surface area (Å²) in [7, 11) is -4.10. The predicted molar refractivity (Wildman–Crippen MR) is 142 cm³/mol. The Labute approximate surface area is 225 Å². The number of nitrogens with zero attached hydrogens (tertiary/aromatic N) is 3. The number of aromatic nitrogens is 2. The Morgan fingerprint density at radius 1 is 1.10 bits per heavy atom. The molecule has 1 saturated carbocycles. The van der Waals surface area contributed by atoms with Crippen molar-refractivity contribution in [1.82, 2.24) is 15.3 Å². The molecule has 2 N–H and O–H groups in total. The minimum Gasteiger partial charge on any atom is -0.377 e. The Hall–Kier alpha value is -3.64. The molecule has 5 rings (SSSR count). The Kier molecular flexibility index (Phi) is 7.25. The van der Waals surface area contributed by atoms with Gasteiger partial charge in [0.1, 0.15) is 10.6 Å². The summed E-state index contributed by atoms with van der Waals surface area (Å²) >= 11 is 0. The number of anilines is 2. The molecule has 3 aromatic rings. The van der Waals surface area contributed by atoms with Gasteiger partial charge in [-0.1, -0.05) is 0 Å². The van der Waals surface area contributed by atoms with E-state index in [4.69, 9.17) is 14.7 Å². The molecule has 1 aromatic heterocycles. The minimum atomic E-state index is -4.10. The fourth-order valence-corrected chi connectivity index (χ4v) is 6.67. The first-order valence-electron chi connectivity index (χ1n) is 12.7. The number of morpholine rings is 1. The first-order chi connectivity index (χ1) is 18.6. The van der Waals surface area contributed by atoms with Gasteiger partial charge in [0, 0.05) is 30.4 Å². The average Bonchev–Trinajstić information content (AvgIpc) is 3.74. The Balaban J connectivity index is 1.57. The summed E-state index contributed by atoms with van der Waals surface area (Å²) in [6, 6.07) is 10.9. The lowest BCUT2D eigenvalue weighted by Gasteiger charge is -2.34. The van der Waals surface area contributed by atoms with E-state index < -0.39 is 26.2 Å². The van der Waals surface area contributed by atoms with Crippen molar-refractivity contribution in [2.45, 2.75) is 42.4 Å². The standard InChI is InChI=1S/C27H29F2N5O4S/c1-3-30-26(35)31-19-6-4-18(5-7-19)25-32-23(15-24(33-25)34-12-13-38-16-17(34)2)27(10-11-27)39(36,37)20-8-9-21(28)22(29)14-20/h4-9,14-15,17H,3,10-13,16H2,1-2H3,(H2,30,31,35)/t17-/m0/s1. The molecule has 1 aliphatic carbocycles. The van der Waals surface area contributed by atoms with Gasteiger partial charge in [0.05, 0.1) is 29.8 Å². The van der Waals surface area contributed by atoms with E-state index in [9.17, 15) is 22.0 Å². The molecule has 0 radical (unpaired) electrons. The van der Waals surface area contributed by atoms with Crippen LogP contribution in [0.3, 0.4) is 0 Å². The lowest BCUT2D eigenvalue weighted by Crippen LogP contribution is -2.44. The molecule has 0 unspecified atom stereocenters. The third-order valence-corrected chi connectivity index (χ3v) is 9.52. The van der Waals surface area contributed by atoms with E-state index in [2.05, 4.69) is 10.6 Å². The van der Waals surface area contributed by atoms with Crippen molar-refractivity contribution in [1.29, 1.82) is 0 Å². The zero-order chi connectivity index (χ0) is 27.8. The third kappa shape index (κ3) is 5.18. The quantitative estimate of drug-likeness (QED) is 0.418. The second-order valence-corrected chi connectivity index (χ2v) is 11.9. The summed E-state index contributed by atoms with van der Waals surface area (Å²) in [4.78, 5) is 23.1. The highest BCUT2D eigenvalue weighted by Gasteiger charge is 2.58. The van der Waals surface area contributed by atoms with Gasteiger partial charge in [-0.2, -0.15) is 0 Å². The van der Waals surface area contributed by atoms with Gasteiger partial charge in [0.25, 0.3) is 0 Å². The molecule has 1 saturated heterocycles. The summed E-state index contributed by atoms with van der Waals surface area (Å²) in [6.07, 6.45) is 0.580. The van der Waals surface area contributed by atoms with Gasteiger partial charge in [-0.15, -0.1) is 0 Å². The zero-order valence-electron chi connectivity index (χ0n) is 21.6. The average molecular weight is 558 g/mol. The number of carbonyl (C=O) groups excluding carboxylic acids is 1. The topological polar surface area (TPSA) is 114 Å². The van der Waals surface area contributed by atoms with E-state index >= 15 is 0 Å². The molecule has 206 valence electrons. The molecular formula is C27H29F2N5O4S. The highest BCUT2D eigenvalue weighted by Crippen LogP contribution is 2.55. The number of ether oxygens (including phenoxy) is 1. The number of rotatable bonds is 7. The second kappa shape index (κ2) is 10.5. The molecule has 1 aliphatic heterocycles. The van der Waals surface area contributed by atoms with Crippen molar-refractivity contribution >= 4 is 27.4 Å². The van der Waals surface area contributed by atoms with Crippen LogP contribution < -0.4 is 15.5 Å². The highest BCUT2D eigenvalue weighted by atomic mass is 32.2. The maximum absolute atomic E-state index is 14.0. The monoisotopic (exact) mass is 557 g/mol. The normalized spacial score (nSPS) is 18.5. The van der Waals surface area contributed by atoms with Gasteiger partial charge in [-0.3, -0.25) is 0 Å². The van der Waals surface area contributed by atoms with Crippen LogP contribution in [-0.4, -0.2) is 56.8 Å². The Morgan fingerprint density at radius 3 is 2.49 bits per heavy atom. The number of benzene rings is 2. The smallest absolute Gasteiger partial charge is 0.319 e. The zero-order valence-corrected chi connectivity index (χ0v) is 22.4. The van der Waals surface area contributed by atoms with E-state index in [-0.39, 0.29) is 29.8 Å². The number of halogens is 2. The fraction of sp³-hybridized carbons (Fsp3) is 0.370. The summed E-state index contributed by atoms with van der Waals surface area (Å²) in [5, 5.41) is 5.39. The molecule has 2 heterocycles. The van der Waals surface area contributed by atoms with E-state index in [1.807, 2.05) is 18.7 Å². The van der Waals surface area contributed by atoms with Crippen LogP contribution in [-0.2, 0) is 19.3 Å².